The molecule has 186 valence electrons. The Kier molecular flexibility index (Phi) is 6.90. The van der Waals surface area contributed by atoms with Crippen molar-refractivity contribution in [1.29, 1.82) is 0 Å². The van der Waals surface area contributed by atoms with E-state index in [1.165, 1.54) is 0 Å². The highest BCUT2D eigenvalue weighted by atomic mass is 16.5. The zero-order valence-corrected chi connectivity index (χ0v) is 20.8. The van der Waals surface area contributed by atoms with E-state index in [9.17, 15) is 9.59 Å². The molecule has 1 aliphatic rings. The second-order valence-electron chi connectivity index (χ2n) is 9.02. The van der Waals surface area contributed by atoms with E-state index >= 15 is 0 Å². The van der Waals surface area contributed by atoms with E-state index < -0.39 is 12.3 Å². The minimum Gasteiger partial charge on any atom is -0.484 e. The number of ether oxygens (including phenoxy) is 2. The summed E-state index contributed by atoms with van der Waals surface area (Å²) in [5.74, 6) is 0.657. The summed E-state index contributed by atoms with van der Waals surface area (Å²) >= 11 is 0. The smallest absolute Gasteiger partial charge is 0.274 e. The van der Waals surface area contributed by atoms with Gasteiger partial charge in [-0.2, -0.15) is 0 Å². The topological polar surface area (TPSA) is 59.1 Å². The fraction of sp³-hybridized carbons (Fsp3) is 0.161. The van der Waals surface area contributed by atoms with E-state index in [0.717, 1.165) is 11.1 Å². The van der Waals surface area contributed by atoms with Gasteiger partial charge in [0.1, 0.15) is 11.5 Å². The fourth-order valence-electron chi connectivity index (χ4n) is 4.47. The molecule has 1 heterocycles. The summed E-state index contributed by atoms with van der Waals surface area (Å²) in [6.45, 7) is 3.75. The van der Waals surface area contributed by atoms with Crippen molar-refractivity contribution in [2.24, 2.45) is 0 Å². The van der Waals surface area contributed by atoms with Crippen molar-refractivity contribution in [2.45, 2.75) is 26.1 Å². The predicted octanol–water partition coefficient (Wildman–Crippen LogP) is 5.54. The van der Waals surface area contributed by atoms with Gasteiger partial charge in [0, 0.05) is 11.4 Å². The molecule has 0 aliphatic carbocycles. The van der Waals surface area contributed by atoms with E-state index in [1.54, 1.807) is 34.1 Å². The van der Waals surface area contributed by atoms with Crippen molar-refractivity contribution in [3.63, 3.8) is 0 Å². The molecule has 1 saturated heterocycles. The molecule has 2 amide bonds. The molecule has 5 rings (SSSR count). The van der Waals surface area contributed by atoms with Gasteiger partial charge in [-0.05, 0) is 73.5 Å². The molecular weight excluding hydrogens is 464 g/mol. The highest BCUT2D eigenvalue weighted by molar-refractivity contribution is 6.09. The lowest BCUT2D eigenvalue weighted by Gasteiger charge is -2.51. The van der Waals surface area contributed by atoms with Gasteiger partial charge >= 0.3 is 0 Å². The van der Waals surface area contributed by atoms with E-state index in [-0.39, 0.29) is 18.4 Å². The molecule has 2 atom stereocenters. The Balaban J connectivity index is 1.54. The van der Waals surface area contributed by atoms with Crippen LogP contribution in [-0.4, -0.2) is 30.7 Å². The van der Waals surface area contributed by atoms with Crippen LogP contribution in [0.1, 0.15) is 11.1 Å². The normalized spacial score (nSPS) is 16.6. The summed E-state index contributed by atoms with van der Waals surface area (Å²) in [5.41, 5.74) is 3.38. The molecule has 4 aromatic rings. The largest absolute Gasteiger partial charge is 0.484 e. The van der Waals surface area contributed by atoms with Crippen molar-refractivity contribution in [1.82, 2.24) is 0 Å². The average Bonchev–Trinajstić information content (AvgIpc) is 2.91. The van der Waals surface area contributed by atoms with E-state index in [2.05, 4.69) is 0 Å². The molecule has 0 unspecified atom stereocenters. The number of hydrogen-bond donors (Lipinski definition) is 0. The summed E-state index contributed by atoms with van der Waals surface area (Å²) in [7, 11) is 0. The quantitative estimate of drug-likeness (QED) is 0.303. The third kappa shape index (κ3) is 5.19. The Morgan fingerprint density at radius 3 is 2.05 bits per heavy atom. The van der Waals surface area contributed by atoms with Gasteiger partial charge in [-0.25, -0.2) is 0 Å². The van der Waals surface area contributed by atoms with Crippen molar-refractivity contribution in [2.75, 3.05) is 16.4 Å². The van der Waals surface area contributed by atoms with Gasteiger partial charge in [-0.15, -0.1) is 0 Å². The van der Waals surface area contributed by atoms with Crippen LogP contribution in [0.15, 0.2) is 109 Å². The maximum absolute atomic E-state index is 13.8. The minimum atomic E-state index is -0.885. The van der Waals surface area contributed by atoms with Crippen molar-refractivity contribution >= 4 is 23.2 Å². The van der Waals surface area contributed by atoms with Crippen LogP contribution < -0.4 is 19.3 Å². The first kappa shape index (κ1) is 24.1. The Morgan fingerprint density at radius 2 is 1.41 bits per heavy atom. The third-order valence-corrected chi connectivity index (χ3v) is 6.22. The Morgan fingerprint density at radius 1 is 0.784 bits per heavy atom. The molecule has 0 bridgehead atoms. The Hall–Kier alpha value is -4.58. The number of hydrogen-bond acceptors (Lipinski definition) is 4. The molecule has 0 aromatic heterocycles. The number of nitrogens with zero attached hydrogens (tertiary/aromatic N) is 2. The summed E-state index contributed by atoms with van der Waals surface area (Å²) in [6.07, 6.45) is -1.59. The molecule has 1 aliphatic heterocycles. The SMILES string of the molecule is Cc1cccc(N(C(=O)COc2ccccc2)[C@@H]2[C@@H](Oc3ccccc3)C(=O)N2c2cccc(C)c2)c1. The lowest BCUT2D eigenvalue weighted by Crippen LogP contribution is -2.75. The number of rotatable bonds is 8. The standard InChI is InChI=1S/C31H28N2O4/c1-22-11-9-13-24(19-22)32(28(34)21-36-26-15-5-3-6-16-26)30-29(37-27-17-7-4-8-18-27)31(35)33(30)25-14-10-12-23(2)20-25/h3-20,29-30H,21H2,1-2H3/t29-,30+/m1/s1. The first-order valence-electron chi connectivity index (χ1n) is 12.2. The molecule has 6 heteroatoms. The molecular formula is C31H28N2O4. The maximum Gasteiger partial charge on any atom is 0.274 e. The fourth-order valence-corrected chi connectivity index (χ4v) is 4.47. The van der Waals surface area contributed by atoms with Crippen LogP contribution in [0.3, 0.4) is 0 Å². The second-order valence-corrected chi connectivity index (χ2v) is 9.02. The van der Waals surface area contributed by atoms with E-state index in [0.29, 0.717) is 22.9 Å². The van der Waals surface area contributed by atoms with Gasteiger partial charge in [-0.3, -0.25) is 19.4 Å². The number of amides is 2. The van der Waals surface area contributed by atoms with Gasteiger partial charge in [0.15, 0.2) is 12.8 Å². The maximum atomic E-state index is 13.8. The molecule has 6 nitrogen and oxygen atoms in total. The van der Waals surface area contributed by atoms with Gasteiger partial charge in [-0.1, -0.05) is 60.7 Å². The Bertz CT molecular complexity index is 1390. The average molecular weight is 493 g/mol. The van der Waals surface area contributed by atoms with Crippen molar-refractivity contribution in [3.05, 3.63) is 120 Å². The number of carbonyl (C=O) groups is 2. The third-order valence-electron chi connectivity index (χ3n) is 6.22. The van der Waals surface area contributed by atoms with Crippen LogP contribution in [0, 0.1) is 13.8 Å². The van der Waals surface area contributed by atoms with E-state index in [4.69, 9.17) is 9.47 Å². The molecule has 37 heavy (non-hydrogen) atoms. The van der Waals surface area contributed by atoms with Crippen LogP contribution >= 0.6 is 0 Å². The Labute approximate surface area is 216 Å². The predicted molar refractivity (Wildman–Crippen MR) is 144 cm³/mol. The number of aryl methyl sites for hydroxylation is 2. The number of β-lactam (4-membered cyclic amide) rings is 1. The lowest BCUT2D eigenvalue weighted by molar-refractivity contribution is -0.136. The summed E-state index contributed by atoms with van der Waals surface area (Å²) < 4.78 is 12.0. The molecule has 0 radical (unpaired) electrons. The van der Waals surface area contributed by atoms with Gasteiger partial charge < -0.3 is 9.47 Å². The van der Waals surface area contributed by atoms with Gasteiger partial charge in [0.25, 0.3) is 11.8 Å². The van der Waals surface area contributed by atoms with Crippen LogP contribution in [0.5, 0.6) is 11.5 Å². The highest BCUT2D eigenvalue weighted by Crippen LogP contribution is 2.36. The monoisotopic (exact) mass is 492 g/mol. The van der Waals surface area contributed by atoms with E-state index in [1.807, 2.05) is 98.8 Å². The van der Waals surface area contributed by atoms with Crippen LogP contribution in [0.25, 0.3) is 0 Å². The highest BCUT2D eigenvalue weighted by Gasteiger charge is 2.55. The molecule has 0 spiro atoms. The van der Waals surface area contributed by atoms with Gasteiger partial charge in [0.05, 0.1) is 0 Å². The summed E-state index contributed by atoms with van der Waals surface area (Å²) in [4.78, 5) is 30.6. The first-order chi connectivity index (χ1) is 18.0. The molecule has 4 aromatic carbocycles. The minimum absolute atomic E-state index is 0.192. The lowest BCUT2D eigenvalue weighted by atomic mass is 9.99. The molecule has 0 N–H and O–H groups in total. The summed E-state index contributed by atoms with van der Waals surface area (Å²) in [6, 6.07) is 33.7. The number of carbonyl (C=O) groups excluding carboxylic acids is 2. The zero-order valence-electron chi connectivity index (χ0n) is 20.8. The molecule has 0 saturated carbocycles. The number of anilines is 2. The van der Waals surface area contributed by atoms with Crippen LogP contribution in [0.4, 0.5) is 11.4 Å². The first-order valence-corrected chi connectivity index (χ1v) is 12.2. The van der Waals surface area contributed by atoms with Crippen molar-refractivity contribution in [3.8, 4) is 11.5 Å². The summed E-state index contributed by atoms with van der Waals surface area (Å²) in [5, 5.41) is 0. The number of benzene rings is 4. The number of para-hydroxylation sites is 2. The van der Waals surface area contributed by atoms with Crippen molar-refractivity contribution < 1.29 is 19.1 Å². The second kappa shape index (κ2) is 10.6. The van der Waals surface area contributed by atoms with Gasteiger partial charge in [0.2, 0.25) is 6.10 Å². The molecule has 1 fully saturated rings. The van der Waals surface area contributed by atoms with Crippen LogP contribution in [0.2, 0.25) is 0 Å². The van der Waals surface area contributed by atoms with Crippen LogP contribution in [-0.2, 0) is 9.59 Å². The zero-order chi connectivity index (χ0) is 25.8.